The molecule has 1 aliphatic heterocycles. The molecule has 0 saturated carbocycles. The molecule has 0 radical (unpaired) electrons. The quantitative estimate of drug-likeness (QED) is 0.481. The first-order valence-corrected chi connectivity index (χ1v) is 3.08. The molecule has 1 rings (SSSR count). The van der Waals surface area contributed by atoms with Gasteiger partial charge in [0.25, 0.3) is 0 Å². The lowest BCUT2D eigenvalue weighted by Crippen LogP contribution is -2.31. The Balaban J connectivity index is 0.000000360. The molecule has 0 aromatic heterocycles. The molecule has 44 valence electrons. The molecule has 7 heavy (non-hydrogen) atoms. The summed E-state index contributed by atoms with van der Waals surface area (Å²) in [6, 6.07) is 0. The van der Waals surface area contributed by atoms with Crippen molar-refractivity contribution in [3.05, 3.63) is 0 Å². The molecule has 0 aliphatic carbocycles. The average molecular weight is 141 g/mol. The Hall–Kier alpha value is 0.560. The zero-order chi connectivity index (χ0) is 4.24. The van der Waals surface area contributed by atoms with Crippen LogP contribution in [0.25, 0.3) is 0 Å². The second-order valence-corrected chi connectivity index (χ2v) is 2.13. The second kappa shape index (κ2) is 4.71. The van der Waals surface area contributed by atoms with Gasteiger partial charge in [0.15, 0.2) is 0 Å². The van der Waals surface area contributed by atoms with Crippen molar-refractivity contribution < 1.29 is 0 Å². The zero-order valence-corrected chi connectivity index (χ0v) is 5.57. The van der Waals surface area contributed by atoms with Crippen molar-refractivity contribution in [2.24, 2.45) is 0 Å². The van der Waals surface area contributed by atoms with Gasteiger partial charge in [-0.25, -0.2) is 10.3 Å². The van der Waals surface area contributed by atoms with Crippen LogP contribution in [-0.4, -0.2) is 12.3 Å². The maximum Gasteiger partial charge on any atom is 0.0117 e. The van der Waals surface area contributed by atoms with Crippen LogP contribution in [0.15, 0.2) is 0 Å². The standard InChI is InChI=1S/C3H8N2S.ClH/c1-2-4-5-6-3-1;/h4-5H,1-3H2;1H. The van der Waals surface area contributed by atoms with Gasteiger partial charge < -0.3 is 0 Å². The third-order valence-electron chi connectivity index (χ3n) is 0.693. The summed E-state index contributed by atoms with van der Waals surface area (Å²) in [5.74, 6) is 1.24. The molecule has 2 nitrogen and oxygen atoms in total. The molecular formula is C3H9ClN2S. The van der Waals surface area contributed by atoms with E-state index in [0.717, 1.165) is 6.54 Å². The van der Waals surface area contributed by atoms with Gasteiger partial charge in [-0.2, -0.15) is 0 Å². The Morgan fingerprint density at radius 1 is 1.43 bits per heavy atom. The van der Waals surface area contributed by atoms with Crippen molar-refractivity contribution in [2.75, 3.05) is 12.3 Å². The van der Waals surface area contributed by atoms with Crippen molar-refractivity contribution >= 4 is 24.4 Å². The van der Waals surface area contributed by atoms with E-state index in [2.05, 4.69) is 10.3 Å². The van der Waals surface area contributed by atoms with Crippen LogP contribution in [0.4, 0.5) is 0 Å². The van der Waals surface area contributed by atoms with Crippen molar-refractivity contribution in [3.63, 3.8) is 0 Å². The third-order valence-corrected chi connectivity index (χ3v) is 1.47. The van der Waals surface area contributed by atoms with Gasteiger partial charge >= 0.3 is 0 Å². The molecule has 2 N–H and O–H groups in total. The van der Waals surface area contributed by atoms with Gasteiger partial charge in [0, 0.05) is 12.3 Å². The number of halogens is 1. The van der Waals surface area contributed by atoms with Crippen molar-refractivity contribution in [1.82, 2.24) is 10.3 Å². The van der Waals surface area contributed by atoms with Crippen molar-refractivity contribution in [3.8, 4) is 0 Å². The lowest BCUT2D eigenvalue weighted by atomic mass is 10.5. The van der Waals surface area contributed by atoms with Crippen LogP contribution in [0.5, 0.6) is 0 Å². The van der Waals surface area contributed by atoms with Crippen LogP contribution in [0.2, 0.25) is 0 Å². The first-order valence-electron chi connectivity index (χ1n) is 2.10. The van der Waals surface area contributed by atoms with Gasteiger partial charge in [0.05, 0.1) is 0 Å². The summed E-state index contributed by atoms with van der Waals surface area (Å²) in [4.78, 5) is 2.95. The van der Waals surface area contributed by atoms with Gasteiger partial charge in [0.2, 0.25) is 0 Å². The first kappa shape index (κ1) is 7.56. The molecule has 0 aromatic carbocycles. The highest BCUT2D eigenvalue weighted by Crippen LogP contribution is 1.96. The number of rotatable bonds is 0. The summed E-state index contributed by atoms with van der Waals surface area (Å²) in [5.41, 5.74) is 3.00. The minimum Gasteiger partial charge on any atom is -0.248 e. The molecular weight excluding hydrogens is 132 g/mol. The lowest BCUT2D eigenvalue weighted by Gasteiger charge is -2.10. The zero-order valence-electron chi connectivity index (χ0n) is 3.94. The van der Waals surface area contributed by atoms with E-state index in [1.807, 2.05) is 0 Å². The normalized spacial score (nSPS) is 20.6. The Bertz CT molecular complexity index is 28.4. The van der Waals surface area contributed by atoms with Crippen LogP contribution in [-0.2, 0) is 0 Å². The van der Waals surface area contributed by atoms with E-state index in [-0.39, 0.29) is 12.4 Å². The number of hydrazine groups is 1. The summed E-state index contributed by atoms with van der Waals surface area (Å²) in [5, 5.41) is 0. The van der Waals surface area contributed by atoms with Crippen LogP contribution in [0.1, 0.15) is 6.42 Å². The minimum atomic E-state index is 0. The third kappa shape index (κ3) is 3.17. The van der Waals surface area contributed by atoms with E-state index in [0.29, 0.717) is 0 Å². The molecule has 1 saturated heterocycles. The van der Waals surface area contributed by atoms with Crippen LogP contribution >= 0.6 is 24.4 Å². The van der Waals surface area contributed by atoms with E-state index in [9.17, 15) is 0 Å². The smallest absolute Gasteiger partial charge is 0.0117 e. The number of nitrogens with one attached hydrogen (secondary N) is 2. The topological polar surface area (TPSA) is 24.1 Å². The molecule has 0 spiro atoms. The Morgan fingerprint density at radius 2 is 2.29 bits per heavy atom. The van der Waals surface area contributed by atoms with E-state index < -0.39 is 0 Å². The van der Waals surface area contributed by atoms with Gasteiger partial charge in [-0.05, 0) is 6.42 Å². The SMILES string of the molecule is C1CNNSC1.Cl. The summed E-state index contributed by atoms with van der Waals surface area (Å²) < 4.78 is 0. The molecule has 0 atom stereocenters. The molecule has 1 heterocycles. The van der Waals surface area contributed by atoms with Crippen LogP contribution < -0.4 is 10.3 Å². The summed E-state index contributed by atoms with van der Waals surface area (Å²) >= 11 is 1.73. The Morgan fingerprint density at radius 3 is 2.43 bits per heavy atom. The average Bonchev–Trinajstić information content (AvgIpc) is 1.72. The molecule has 1 aliphatic rings. The van der Waals surface area contributed by atoms with Crippen molar-refractivity contribution in [1.29, 1.82) is 0 Å². The summed E-state index contributed by atoms with van der Waals surface area (Å²) in [6.45, 7) is 1.12. The number of hydrogen-bond donors (Lipinski definition) is 2. The van der Waals surface area contributed by atoms with Gasteiger partial charge in [-0.1, -0.05) is 11.9 Å². The monoisotopic (exact) mass is 140 g/mol. The molecule has 0 amide bonds. The van der Waals surface area contributed by atoms with Gasteiger partial charge in [-0.15, -0.1) is 12.4 Å². The molecule has 0 unspecified atom stereocenters. The Kier molecular flexibility index (Phi) is 5.09. The molecule has 1 fully saturated rings. The predicted molar refractivity (Wildman–Crippen MR) is 35.5 cm³/mol. The Labute approximate surface area is 53.9 Å². The molecule has 0 aromatic rings. The van der Waals surface area contributed by atoms with Crippen molar-refractivity contribution in [2.45, 2.75) is 6.42 Å². The van der Waals surface area contributed by atoms with E-state index in [1.165, 1.54) is 12.2 Å². The van der Waals surface area contributed by atoms with E-state index in [1.54, 1.807) is 11.9 Å². The van der Waals surface area contributed by atoms with E-state index >= 15 is 0 Å². The van der Waals surface area contributed by atoms with Crippen LogP contribution in [0.3, 0.4) is 0 Å². The predicted octanol–water partition coefficient (Wildman–Crippen LogP) is 0.554. The fourth-order valence-corrected chi connectivity index (χ4v) is 0.981. The number of hydrogen-bond acceptors (Lipinski definition) is 3. The van der Waals surface area contributed by atoms with E-state index in [4.69, 9.17) is 0 Å². The summed E-state index contributed by atoms with van der Waals surface area (Å²) in [7, 11) is 0. The molecule has 4 heteroatoms. The molecule has 0 bridgehead atoms. The lowest BCUT2D eigenvalue weighted by molar-refractivity contribution is 0.648. The van der Waals surface area contributed by atoms with Crippen LogP contribution in [0, 0.1) is 0 Å². The second-order valence-electron chi connectivity index (χ2n) is 1.23. The fraction of sp³-hybridized carbons (Fsp3) is 1.00. The maximum absolute atomic E-state index is 3.00. The highest BCUT2D eigenvalue weighted by Gasteiger charge is 1.92. The van der Waals surface area contributed by atoms with Gasteiger partial charge in [0.1, 0.15) is 0 Å². The highest BCUT2D eigenvalue weighted by molar-refractivity contribution is 7.97. The van der Waals surface area contributed by atoms with Gasteiger partial charge in [-0.3, -0.25) is 0 Å². The first-order chi connectivity index (χ1) is 3.00. The highest BCUT2D eigenvalue weighted by atomic mass is 35.5. The maximum atomic E-state index is 3.00. The fourth-order valence-electron chi connectivity index (χ4n) is 0.386. The minimum absolute atomic E-state index is 0. The largest absolute Gasteiger partial charge is 0.248 e. The summed E-state index contributed by atoms with van der Waals surface area (Å²) in [6.07, 6.45) is 1.29.